The first-order chi connectivity index (χ1) is 16.5. The van der Waals surface area contributed by atoms with Crippen LogP contribution in [0.15, 0.2) is 53.5 Å². The smallest absolute Gasteiger partial charge is 0.324 e. The summed E-state index contributed by atoms with van der Waals surface area (Å²) in [7, 11) is 3.04. The van der Waals surface area contributed by atoms with Gasteiger partial charge in [-0.15, -0.1) is 0 Å². The minimum atomic E-state index is -0.471. The molecule has 2 rings (SSSR count). The number of carbonyl (C=O) groups is 2. The average molecular weight is 483 g/mol. The first-order valence-corrected chi connectivity index (χ1v) is 11.7. The number of esters is 1. The second-order valence-corrected chi connectivity index (χ2v) is 9.71. The Balaban J connectivity index is 2.25. The summed E-state index contributed by atoms with van der Waals surface area (Å²) in [5.41, 5.74) is 2.81. The van der Waals surface area contributed by atoms with Crippen LogP contribution in [-0.4, -0.2) is 50.2 Å². The number of aryl methyl sites for hydroxylation is 1. The first-order valence-electron chi connectivity index (χ1n) is 11.7. The zero-order valence-corrected chi connectivity index (χ0v) is 21.8. The highest BCUT2D eigenvalue weighted by molar-refractivity contribution is 5.97. The molecule has 2 amide bonds. The second kappa shape index (κ2) is 12.8. The molecule has 190 valence electrons. The molecule has 0 aromatic heterocycles. The van der Waals surface area contributed by atoms with Gasteiger partial charge in [0.15, 0.2) is 0 Å². The maximum absolute atomic E-state index is 13.2. The Kier molecular flexibility index (Phi) is 10.1. The van der Waals surface area contributed by atoms with Crippen LogP contribution in [0.3, 0.4) is 0 Å². The number of benzene rings is 2. The van der Waals surface area contributed by atoms with E-state index in [-0.39, 0.29) is 24.0 Å². The summed E-state index contributed by atoms with van der Waals surface area (Å²) in [5.74, 6) is 0.278. The van der Waals surface area contributed by atoms with Crippen molar-refractivity contribution in [3.8, 4) is 5.75 Å². The van der Waals surface area contributed by atoms with Gasteiger partial charge in [0.25, 0.3) is 0 Å². The van der Waals surface area contributed by atoms with Crippen molar-refractivity contribution < 1.29 is 19.1 Å². The van der Waals surface area contributed by atoms with Gasteiger partial charge in [-0.05, 0) is 42.2 Å². The number of methoxy groups -OCH3 is 1. The van der Waals surface area contributed by atoms with Crippen molar-refractivity contribution in [2.45, 2.75) is 41.2 Å². The van der Waals surface area contributed by atoms with Gasteiger partial charge in [-0.3, -0.25) is 9.69 Å². The lowest BCUT2D eigenvalue weighted by Crippen LogP contribution is -2.49. The zero-order valence-electron chi connectivity index (χ0n) is 21.8. The number of guanidine groups is 1. The summed E-state index contributed by atoms with van der Waals surface area (Å²) in [4.78, 5) is 31.1. The Morgan fingerprint density at radius 3 is 2.23 bits per heavy atom. The molecule has 0 bridgehead atoms. The van der Waals surface area contributed by atoms with Gasteiger partial charge in [-0.25, -0.2) is 9.79 Å². The number of ether oxygens (including phenoxy) is 2. The van der Waals surface area contributed by atoms with E-state index in [1.807, 2.05) is 55.5 Å². The largest absolute Gasteiger partial charge is 0.493 e. The van der Waals surface area contributed by atoms with E-state index in [2.05, 4.69) is 36.4 Å². The van der Waals surface area contributed by atoms with Gasteiger partial charge >= 0.3 is 12.0 Å². The fourth-order valence-corrected chi connectivity index (χ4v) is 3.03. The van der Waals surface area contributed by atoms with Gasteiger partial charge in [0.05, 0.1) is 31.9 Å². The molecule has 0 aliphatic carbocycles. The molecule has 2 aromatic rings. The third kappa shape index (κ3) is 9.31. The van der Waals surface area contributed by atoms with Crippen molar-refractivity contribution in [3.63, 3.8) is 0 Å². The van der Waals surface area contributed by atoms with Crippen molar-refractivity contribution >= 4 is 23.6 Å². The quantitative estimate of drug-likeness (QED) is 0.325. The summed E-state index contributed by atoms with van der Waals surface area (Å²) < 4.78 is 10.6. The standard InChI is InChI=1S/C27H38N4O4/c1-19-8-10-21(11-9-19)17-31(26(33)29-16-20(2)24(32)34-7)25(28-6)30-22-12-14-23(15-13-22)35-18-27(3,4)5/h8-15,20H,16-18H2,1-7H3,(H,28,30)(H,29,33)/t20-/m0/s1. The van der Waals surface area contributed by atoms with E-state index in [0.717, 1.165) is 16.9 Å². The third-order valence-corrected chi connectivity index (χ3v) is 5.09. The Bertz CT molecular complexity index is 995. The van der Waals surface area contributed by atoms with Crippen LogP contribution >= 0.6 is 0 Å². The maximum Gasteiger partial charge on any atom is 0.324 e. The Labute approximate surface area is 208 Å². The topological polar surface area (TPSA) is 92.3 Å². The van der Waals surface area contributed by atoms with Crippen molar-refractivity contribution in [3.05, 3.63) is 59.7 Å². The van der Waals surface area contributed by atoms with Crippen LogP contribution in [-0.2, 0) is 16.1 Å². The monoisotopic (exact) mass is 482 g/mol. The molecule has 0 spiro atoms. The van der Waals surface area contributed by atoms with E-state index in [9.17, 15) is 9.59 Å². The number of nitrogens with zero attached hydrogens (tertiary/aromatic N) is 2. The highest BCUT2D eigenvalue weighted by Crippen LogP contribution is 2.22. The van der Waals surface area contributed by atoms with E-state index in [4.69, 9.17) is 9.47 Å². The molecule has 0 radical (unpaired) electrons. The highest BCUT2D eigenvalue weighted by atomic mass is 16.5. The van der Waals surface area contributed by atoms with Crippen LogP contribution in [0.2, 0.25) is 0 Å². The molecule has 0 aliphatic rings. The van der Waals surface area contributed by atoms with Crippen molar-refractivity contribution in [1.29, 1.82) is 0 Å². The number of nitrogens with one attached hydrogen (secondary N) is 2. The predicted molar refractivity (Wildman–Crippen MR) is 139 cm³/mol. The van der Waals surface area contributed by atoms with Crippen LogP contribution in [0.1, 0.15) is 38.8 Å². The maximum atomic E-state index is 13.2. The van der Waals surface area contributed by atoms with Crippen LogP contribution in [0.25, 0.3) is 0 Å². The molecule has 35 heavy (non-hydrogen) atoms. The second-order valence-electron chi connectivity index (χ2n) is 9.71. The normalized spacial score (nSPS) is 12.5. The molecule has 0 unspecified atom stereocenters. The summed E-state index contributed by atoms with van der Waals surface area (Å²) >= 11 is 0. The fraction of sp³-hybridized carbons (Fsp3) is 0.444. The van der Waals surface area contributed by atoms with Gasteiger partial charge in [-0.2, -0.15) is 0 Å². The van der Waals surface area contributed by atoms with Crippen LogP contribution in [0, 0.1) is 18.3 Å². The van der Waals surface area contributed by atoms with E-state index in [1.165, 1.54) is 12.0 Å². The van der Waals surface area contributed by atoms with Gasteiger partial charge in [0.1, 0.15) is 5.75 Å². The summed E-state index contributed by atoms with van der Waals surface area (Å²) in [6.07, 6.45) is 0. The lowest BCUT2D eigenvalue weighted by Gasteiger charge is -2.25. The van der Waals surface area contributed by atoms with E-state index in [0.29, 0.717) is 24.8 Å². The molecule has 0 heterocycles. The summed E-state index contributed by atoms with van der Waals surface area (Å²) in [5, 5.41) is 5.85. The zero-order chi connectivity index (χ0) is 26.0. The number of amides is 2. The van der Waals surface area contributed by atoms with E-state index >= 15 is 0 Å². The minimum absolute atomic E-state index is 0.0608. The first kappa shape index (κ1) is 27.7. The van der Waals surface area contributed by atoms with Crippen molar-refractivity contribution in [2.75, 3.05) is 27.3 Å². The Morgan fingerprint density at radius 2 is 1.69 bits per heavy atom. The number of aliphatic imine (C=N–C) groups is 1. The molecule has 2 aromatic carbocycles. The van der Waals surface area contributed by atoms with Crippen LogP contribution < -0.4 is 15.4 Å². The summed E-state index contributed by atoms with van der Waals surface area (Å²) in [6.45, 7) is 11.1. The molecular formula is C27H38N4O4. The fourth-order valence-electron chi connectivity index (χ4n) is 3.03. The SMILES string of the molecule is CN/C(=N\c1ccc(OCC(C)(C)C)cc1)N(Cc1ccc(C)cc1)C(=O)NC[C@H](C)C(=O)OC. The van der Waals surface area contributed by atoms with Gasteiger partial charge in [-0.1, -0.05) is 57.5 Å². The molecule has 0 saturated heterocycles. The minimum Gasteiger partial charge on any atom is -0.493 e. The molecule has 1 atom stereocenters. The molecule has 8 nitrogen and oxygen atoms in total. The lowest BCUT2D eigenvalue weighted by atomic mass is 9.99. The Hall–Kier alpha value is -3.55. The van der Waals surface area contributed by atoms with Crippen molar-refractivity contribution in [1.82, 2.24) is 15.5 Å². The van der Waals surface area contributed by atoms with Gasteiger partial charge < -0.3 is 20.1 Å². The number of urea groups is 1. The molecular weight excluding hydrogens is 444 g/mol. The van der Waals surface area contributed by atoms with Crippen LogP contribution in [0.4, 0.5) is 10.5 Å². The number of carbonyl (C=O) groups excluding carboxylic acids is 2. The predicted octanol–water partition coefficient (Wildman–Crippen LogP) is 4.65. The number of rotatable bonds is 8. The van der Waals surface area contributed by atoms with Crippen molar-refractivity contribution in [2.24, 2.45) is 16.3 Å². The van der Waals surface area contributed by atoms with E-state index < -0.39 is 5.92 Å². The highest BCUT2D eigenvalue weighted by Gasteiger charge is 2.22. The summed E-state index contributed by atoms with van der Waals surface area (Å²) in [6, 6.07) is 15.0. The molecule has 2 N–H and O–H groups in total. The molecule has 0 aliphatic heterocycles. The molecule has 8 heteroatoms. The third-order valence-electron chi connectivity index (χ3n) is 5.09. The van der Waals surface area contributed by atoms with Crippen LogP contribution in [0.5, 0.6) is 5.75 Å². The Morgan fingerprint density at radius 1 is 1.06 bits per heavy atom. The average Bonchev–Trinajstić information content (AvgIpc) is 2.84. The number of hydrogen-bond donors (Lipinski definition) is 2. The van der Waals surface area contributed by atoms with E-state index in [1.54, 1.807) is 14.0 Å². The van der Waals surface area contributed by atoms with Gasteiger partial charge in [0.2, 0.25) is 5.96 Å². The van der Waals surface area contributed by atoms with Gasteiger partial charge in [0, 0.05) is 13.6 Å². The molecule has 0 fully saturated rings. The lowest BCUT2D eigenvalue weighted by molar-refractivity contribution is -0.144. The molecule has 0 saturated carbocycles. The number of hydrogen-bond acceptors (Lipinski definition) is 5.